The highest BCUT2D eigenvalue weighted by molar-refractivity contribution is 5.88. The van der Waals surface area contributed by atoms with Gasteiger partial charge in [0.2, 0.25) is 0 Å². The van der Waals surface area contributed by atoms with Crippen LogP contribution in [0.4, 0.5) is 5.69 Å². The molecular formula is C11H16N2O2. The third-order valence-electron chi connectivity index (χ3n) is 1.97. The van der Waals surface area contributed by atoms with Crippen LogP contribution in [0.2, 0.25) is 0 Å². The maximum Gasteiger partial charge on any atom is 0.356 e. The Hall–Kier alpha value is -1.58. The fourth-order valence-corrected chi connectivity index (χ4v) is 1.15. The van der Waals surface area contributed by atoms with Gasteiger partial charge in [0.1, 0.15) is 5.69 Å². The van der Waals surface area contributed by atoms with Crippen molar-refractivity contribution in [3.05, 3.63) is 24.0 Å². The van der Waals surface area contributed by atoms with Crippen LogP contribution in [0, 0.1) is 0 Å². The van der Waals surface area contributed by atoms with E-state index in [-0.39, 0.29) is 5.69 Å². The zero-order valence-corrected chi connectivity index (χ0v) is 8.90. The minimum Gasteiger partial charge on any atom is -0.461 e. The monoisotopic (exact) mass is 208 g/mol. The van der Waals surface area contributed by atoms with E-state index in [2.05, 4.69) is 11.9 Å². The van der Waals surface area contributed by atoms with Crippen molar-refractivity contribution in [3.8, 4) is 0 Å². The van der Waals surface area contributed by atoms with Crippen LogP contribution < -0.4 is 5.73 Å². The Kier molecular flexibility index (Phi) is 4.60. The highest BCUT2D eigenvalue weighted by atomic mass is 16.5. The van der Waals surface area contributed by atoms with Crippen LogP contribution in [-0.4, -0.2) is 17.6 Å². The molecule has 0 saturated heterocycles. The lowest BCUT2D eigenvalue weighted by Crippen LogP contribution is -2.08. The molecule has 1 heterocycles. The maximum atomic E-state index is 11.4. The van der Waals surface area contributed by atoms with Gasteiger partial charge in [-0.05, 0) is 18.6 Å². The molecule has 0 atom stereocenters. The lowest BCUT2D eigenvalue weighted by atomic mass is 10.3. The summed E-state index contributed by atoms with van der Waals surface area (Å²) in [6.07, 6.45) is 4.56. The van der Waals surface area contributed by atoms with Gasteiger partial charge in [-0.15, -0.1) is 0 Å². The Labute approximate surface area is 89.5 Å². The molecule has 0 aliphatic heterocycles. The average molecular weight is 208 g/mol. The molecule has 0 spiro atoms. The van der Waals surface area contributed by atoms with E-state index in [0.717, 1.165) is 19.3 Å². The van der Waals surface area contributed by atoms with Crippen molar-refractivity contribution in [2.24, 2.45) is 0 Å². The molecule has 0 amide bonds. The number of nitrogens with zero attached hydrogens (tertiary/aromatic N) is 1. The van der Waals surface area contributed by atoms with Crippen molar-refractivity contribution in [3.63, 3.8) is 0 Å². The molecule has 0 unspecified atom stereocenters. The molecule has 15 heavy (non-hydrogen) atoms. The van der Waals surface area contributed by atoms with E-state index in [1.807, 2.05) is 0 Å². The number of aromatic nitrogens is 1. The molecule has 82 valence electrons. The molecule has 0 saturated carbocycles. The predicted molar refractivity (Wildman–Crippen MR) is 58.5 cm³/mol. The first-order valence-electron chi connectivity index (χ1n) is 5.12. The van der Waals surface area contributed by atoms with Gasteiger partial charge in [-0.3, -0.25) is 0 Å². The number of ether oxygens (including phenoxy) is 1. The van der Waals surface area contributed by atoms with E-state index >= 15 is 0 Å². The second-order valence-corrected chi connectivity index (χ2v) is 3.32. The molecule has 4 heteroatoms. The van der Waals surface area contributed by atoms with Gasteiger partial charge >= 0.3 is 5.97 Å². The average Bonchev–Trinajstić information content (AvgIpc) is 2.24. The summed E-state index contributed by atoms with van der Waals surface area (Å²) < 4.78 is 5.03. The van der Waals surface area contributed by atoms with Crippen LogP contribution in [0.25, 0.3) is 0 Å². The fourth-order valence-electron chi connectivity index (χ4n) is 1.15. The van der Waals surface area contributed by atoms with Crippen LogP contribution in [0.15, 0.2) is 18.3 Å². The third-order valence-corrected chi connectivity index (χ3v) is 1.97. The van der Waals surface area contributed by atoms with Gasteiger partial charge in [0.05, 0.1) is 6.61 Å². The maximum absolute atomic E-state index is 11.4. The molecular weight excluding hydrogens is 192 g/mol. The van der Waals surface area contributed by atoms with Crippen LogP contribution in [0.1, 0.15) is 36.7 Å². The summed E-state index contributed by atoms with van der Waals surface area (Å²) in [4.78, 5) is 15.3. The zero-order chi connectivity index (χ0) is 11.1. The molecule has 0 radical (unpaired) electrons. The van der Waals surface area contributed by atoms with Crippen molar-refractivity contribution in [1.82, 2.24) is 4.98 Å². The minimum absolute atomic E-state index is 0.270. The molecule has 0 aromatic carbocycles. The number of anilines is 1. The van der Waals surface area contributed by atoms with E-state index in [9.17, 15) is 4.79 Å². The SMILES string of the molecule is CCCCCOC(=O)c1cc(N)ccn1. The number of carbonyl (C=O) groups is 1. The van der Waals surface area contributed by atoms with Crippen molar-refractivity contribution < 1.29 is 9.53 Å². The van der Waals surface area contributed by atoms with Gasteiger partial charge in [0.15, 0.2) is 0 Å². The topological polar surface area (TPSA) is 65.2 Å². The Morgan fingerprint density at radius 2 is 2.33 bits per heavy atom. The number of carbonyl (C=O) groups excluding carboxylic acids is 1. The standard InChI is InChI=1S/C11H16N2O2/c1-2-3-4-7-15-11(14)10-8-9(12)5-6-13-10/h5-6,8H,2-4,7H2,1H3,(H2,12,13). The van der Waals surface area contributed by atoms with Gasteiger partial charge in [0, 0.05) is 11.9 Å². The highest BCUT2D eigenvalue weighted by Crippen LogP contribution is 2.05. The first-order valence-corrected chi connectivity index (χ1v) is 5.12. The van der Waals surface area contributed by atoms with Crippen molar-refractivity contribution in [1.29, 1.82) is 0 Å². The van der Waals surface area contributed by atoms with Gasteiger partial charge in [-0.1, -0.05) is 19.8 Å². The Morgan fingerprint density at radius 1 is 1.53 bits per heavy atom. The van der Waals surface area contributed by atoms with E-state index < -0.39 is 5.97 Å². The summed E-state index contributed by atoms with van der Waals surface area (Å²) in [5, 5.41) is 0. The Bertz CT molecular complexity index is 326. The number of pyridine rings is 1. The van der Waals surface area contributed by atoms with Crippen molar-refractivity contribution >= 4 is 11.7 Å². The number of hydrogen-bond donors (Lipinski definition) is 1. The molecule has 0 aliphatic carbocycles. The normalized spacial score (nSPS) is 9.93. The summed E-state index contributed by atoms with van der Waals surface area (Å²) in [5.74, 6) is -0.404. The lowest BCUT2D eigenvalue weighted by Gasteiger charge is -2.03. The molecule has 0 bridgehead atoms. The van der Waals surface area contributed by atoms with Gasteiger partial charge in [-0.25, -0.2) is 9.78 Å². The number of rotatable bonds is 5. The van der Waals surface area contributed by atoms with Crippen molar-refractivity contribution in [2.75, 3.05) is 12.3 Å². The van der Waals surface area contributed by atoms with Gasteiger partial charge < -0.3 is 10.5 Å². The number of nitrogens with two attached hydrogens (primary N) is 1. The van der Waals surface area contributed by atoms with Gasteiger partial charge in [-0.2, -0.15) is 0 Å². The van der Waals surface area contributed by atoms with E-state index in [1.54, 1.807) is 6.07 Å². The Balaban J connectivity index is 2.40. The largest absolute Gasteiger partial charge is 0.461 e. The van der Waals surface area contributed by atoms with Crippen LogP contribution in [0.3, 0.4) is 0 Å². The fraction of sp³-hybridized carbons (Fsp3) is 0.455. The third kappa shape index (κ3) is 3.97. The first-order chi connectivity index (χ1) is 7.24. The number of unbranched alkanes of at least 4 members (excludes halogenated alkanes) is 2. The second kappa shape index (κ2) is 6.01. The summed E-state index contributed by atoms with van der Waals surface area (Å²) in [5.41, 5.74) is 6.31. The molecule has 0 fully saturated rings. The quantitative estimate of drug-likeness (QED) is 0.593. The summed E-state index contributed by atoms with van der Waals surface area (Å²) in [6, 6.07) is 3.15. The summed E-state index contributed by atoms with van der Waals surface area (Å²) in [7, 11) is 0. The van der Waals surface area contributed by atoms with E-state index in [1.165, 1.54) is 12.3 Å². The molecule has 0 aliphatic rings. The minimum atomic E-state index is -0.404. The lowest BCUT2D eigenvalue weighted by molar-refractivity contribution is 0.0491. The van der Waals surface area contributed by atoms with Crippen LogP contribution in [0.5, 0.6) is 0 Å². The molecule has 1 aromatic heterocycles. The van der Waals surface area contributed by atoms with E-state index in [0.29, 0.717) is 12.3 Å². The summed E-state index contributed by atoms with van der Waals surface area (Å²) >= 11 is 0. The molecule has 1 rings (SSSR count). The van der Waals surface area contributed by atoms with E-state index in [4.69, 9.17) is 10.5 Å². The number of hydrogen-bond acceptors (Lipinski definition) is 4. The van der Waals surface area contributed by atoms with Crippen LogP contribution in [-0.2, 0) is 4.74 Å². The van der Waals surface area contributed by atoms with Gasteiger partial charge in [0.25, 0.3) is 0 Å². The predicted octanol–water partition coefficient (Wildman–Crippen LogP) is 2.01. The molecule has 2 N–H and O–H groups in total. The van der Waals surface area contributed by atoms with Crippen molar-refractivity contribution in [2.45, 2.75) is 26.2 Å². The second-order valence-electron chi connectivity index (χ2n) is 3.32. The Morgan fingerprint density at radius 3 is 3.00 bits per heavy atom. The highest BCUT2D eigenvalue weighted by Gasteiger charge is 2.07. The first kappa shape index (κ1) is 11.5. The molecule has 1 aromatic rings. The number of nitrogen functional groups attached to an aromatic ring is 1. The number of esters is 1. The zero-order valence-electron chi connectivity index (χ0n) is 8.90. The molecule has 4 nitrogen and oxygen atoms in total. The summed E-state index contributed by atoms with van der Waals surface area (Å²) in [6.45, 7) is 2.55. The smallest absolute Gasteiger partial charge is 0.356 e. The van der Waals surface area contributed by atoms with Crippen LogP contribution >= 0.6 is 0 Å².